The molecule has 0 aliphatic carbocycles. The standard InChI is InChI=1S/C16H23FN6O.HI/c1-4-18-16(20-9-15-21-11-22-23(15)2)19-8-12-5-6-14(17)13(7-12)10-24-3;/h5-7,11H,4,8-10H2,1-3H3,(H2,18,19,20);1H. The Morgan fingerprint density at radius 3 is 2.80 bits per heavy atom. The van der Waals surface area contributed by atoms with Gasteiger partial charge in [0.05, 0.1) is 19.7 Å². The monoisotopic (exact) mass is 462 g/mol. The van der Waals surface area contributed by atoms with Crippen LogP contribution in [-0.4, -0.2) is 34.4 Å². The number of halogens is 2. The van der Waals surface area contributed by atoms with E-state index >= 15 is 0 Å². The Kier molecular flexibility index (Phi) is 9.35. The molecule has 0 saturated carbocycles. The number of rotatable bonds is 7. The highest BCUT2D eigenvalue weighted by molar-refractivity contribution is 14.0. The van der Waals surface area contributed by atoms with E-state index in [1.807, 2.05) is 14.0 Å². The summed E-state index contributed by atoms with van der Waals surface area (Å²) in [5.74, 6) is 1.21. The molecule has 0 amide bonds. The van der Waals surface area contributed by atoms with Crippen molar-refractivity contribution >= 4 is 29.9 Å². The normalized spacial score (nSPS) is 11.1. The van der Waals surface area contributed by atoms with Crippen molar-refractivity contribution in [2.24, 2.45) is 12.0 Å². The largest absolute Gasteiger partial charge is 0.380 e. The molecule has 1 heterocycles. The summed E-state index contributed by atoms with van der Waals surface area (Å²) in [6, 6.07) is 4.94. The molecule has 0 atom stereocenters. The molecule has 25 heavy (non-hydrogen) atoms. The minimum absolute atomic E-state index is 0. The van der Waals surface area contributed by atoms with Crippen molar-refractivity contribution in [3.63, 3.8) is 0 Å². The van der Waals surface area contributed by atoms with Crippen LogP contribution in [0.5, 0.6) is 0 Å². The first-order valence-corrected chi connectivity index (χ1v) is 7.75. The molecule has 1 aromatic heterocycles. The topological polar surface area (TPSA) is 76.4 Å². The highest BCUT2D eigenvalue weighted by atomic mass is 127. The molecule has 9 heteroatoms. The summed E-state index contributed by atoms with van der Waals surface area (Å²) in [6.45, 7) is 3.93. The Hall–Kier alpha value is -1.75. The molecular weight excluding hydrogens is 438 g/mol. The number of nitrogens with one attached hydrogen (secondary N) is 2. The van der Waals surface area contributed by atoms with Crippen molar-refractivity contribution in [3.8, 4) is 0 Å². The summed E-state index contributed by atoms with van der Waals surface area (Å²) >= 11 is 0. The SMILES string of the molecule is CCNC(=NCc1ccc(F)c(COC)c1)NCc1ncnn1C.I. The summed E-state index contributed by atoms with van der Waals surface area (Å²) < 4.78 is 20.3. The lowest BCUT2D eigenvalue weighted by molar-refractivity contribution is 0.181. The third-order valence-electron chi connectivity index (χ3n) is 3.39. The first-order valence-electron chi connectivity index (χ1n) is 7.75. The number of nitrogens with zero attached hydrogens (tertiary/aromatic N) is 4. The van der Waals surface area contributed by atoms with Gasteiger partial charge in [0.2, 0.25) is 0 Å². The highest BCUT2D eigenvalue weighted by Crippen LogP contribution is 2.12. The minimum Gasteiger partial charge on any atom is -0.380 e. The Morgan fingerprint density at radius 1 is 1.36 bits per heavy atom. The van der Waals surface area contributed by atoms with Gasteiger partial charge in [-0.25, -0.2) is 14.4 Å². The van der Waals surface area contributed by atoms with E-state index in [1.165, 1.54) is 12.4 Å². The van der Waals surface area contributed by atoms with Crippen molar-refractivity contribution < 1.29 is 9.13 Å². The lowest BCUT2D eigenvalue weighted by Crippen LogP contribution is -2.37. The Labute approximate surface area is 164 Å². The van der Waals surface area contributed by atoms with Crippen molar-refractivity contribution in [2.75, 3.05) is 13.7 Å². The predicted octanol–water partition coefficient (Wildman–Crippen LogP) is 1.97. The van der Waals surface area contributed by atoms with Gasteiger partial charge in [0.1, 0.15) is 18.0 Å². The van der Waals surface area contributed by atoms with Crippen LogP contribution in [0.15, 0.2) is 29.5 Å². The van der Waals surface area contributed by atoms with Crippen LogP contribution >= 0.6 is 24.0 Å². The summed E-state index contributed by atoms with van der Waals surface area (Å²) in [5, 5.41) is 10.4. The molecule has 0 aliphatic heterocycles. The zero-order valence-electron chi connectivity index (χ0n) is 14.6. The van der Waals surface area contributed by atoms with Crippen LogP contribution in [0.1, 0.15) is 23.9 Å². The van der Waals surface area contributed by atoms with E-state index in [1.54, 1.807) is 23.9 Å². The predicted molar refractivity (Wildman–Crippen MR) is 105 cm³/mol. The van der Waals surface area contributed by atoms with Gasteiger partial charge in [0.25, 0.3) is 0 Å². The molecule has 0 spiro atoms. The summed E-state index contributed by atoms with van der Waals surface area (Å²) in [5.41, 5.74) is 1.45. The molecular formula is C16H24FIN6O. The number of methoxy groups -OCH3 is 1. The van der Waals surface area contributed by atoms with Crippen molar-refractivity contribution in [1.29, 1.82) is 0 Å². The number of benzene rings is 1. The first-order chi connectivity index (χ1) is 11.6. The fourth-order valence-corrected chi connectivity index (χ4v) is 2.15. The van der Waals surface area contributed by atoms with Gasteiger partial charge in [-0.15, -0.1) is 24.0 Å². The van der Waals surface area contributed by atoms with Gasteiger partial charge in [-0.3, -0.25) is 4.68 Å². The number of aliphatic imine (C=N–C) groups is 1. The number of aryl methyl sites for hydroxylation is 1. The zero-order chi connectivity index (χ0) is 17.4. The minimum atomic E-state index is -0.267. The number of guanidine groups is 1. The second-order valence-corrected chi connectivity index (χ2v) is 5.21. The number of hydrogen-bond acceptors (Lipinski definition) is 4. The maximum atomic E-state index is 13.6. The van der Waals surface area contributed by atoms with E-state index in [-0.39, 0.29) is 36.4 Å². The van der Waals surface area contributed by atoms with Gasteiger partial charge < -0.3 is 15.4 Å². The second-order valence-electron chi connectivity index (χ2n) is 5.21. The molecule has 0 aliphatic rings. The van der Waals surface area contributed by atoms with Crippen LogP contribution in [0.3, 0.4) is 0 Å². The smallest absolute Gasteiger partial charge is 0.191 e. The van der Waals surface area contributed by atoms with E-state index < -0.39 is 0 Å². The molecule has 0 unspecified atom stereocenters. The molecule has 2 rings (SSSR count). The van der Waals surface area contributed by atoms with Crippen LogP contribution < -0.4 is 10.6 Å². The highest BCUT2D eigenvalue weighted by Gasteiger charge is 2.05. The third kappa shape index (κ3) is 6.58. The molecule has 138 valence electrons. The molecule has 0 fully saturated rings. The van der Waals surface area contributed by atoms with Crippen molar-refractivity contribution in [1.82, 2.24) is 25.4 Å². The fraction of sp³-hybridized carbons (Fsp3) is 0.438. The van der Waals surface area contributed by atoms with E-state index in [0.717, 1.165) is 17.9 Å². The molecule has 7 nitrogen and oxygen atoms in total. The van der Waals surface area contributed by atoms with Gasteiger partial charge in [-0.05, 0) is 24.6 Å². The third-order valence-corrected chi connectivity index (χ3v) is 3.39. The summed E-state index contributed by atoms with van der Waals surface area (Å²) in [6.07, 6.45) is 1.51. The van der Waals surface area contributed by atoms with Crippen molar-refractivity contribution in [2.45, 2.75) is 26.6 Å². The van der Waals surface area contributed by atoms with E-state index in [4.69, 9.17) is 4.74 Å². The molecule has 1 aromatic carbocycles. The summed E-state index contributed by atoms with van der Waals surface area (Å²) in [4.78, 5) is 8.68. The first kappa shape index (κ1) is 21.3. The van der Waals surface area contributed by atoms with E-state index in [9.17, 15) is 4.39 Å². The van der Waals surface area contributed by atoms with Crippen LogP contribution in [0.4, 0.5) is 4.39 Å². The Bertz CT molecular complexity index is 691. The lowest BCUT2D eigenvalue weighted by atomic mass is 10.1. The average molecular weight is 462 g/mol. The van der Waals surface area contributed by atoms with Crippen LogP contribution in [0.2, 0.25) is 0 Å². The van der Waals surface area contributed by atoms with E-state index in [0.29, 0.717) is 24.6 Å². The maximum absolute atomic E-state index is 13.6. The van der Waals surface area contributed by atoms with Gasteiger partial charge >= 0.3 is 0 Å². The average Bonchev–Trinajstić information content (AvgIpc) is 2.98. The lowest BCUT2D eigenvalue weighted by Gasteiger charge is -2.11. The number of ether oxygens (including phenoxy) is 1. The molecule has 0 saturated heterocycles. The Morgan fingerprint density at radius 2 is 2.16 bits per heavy atom. The molecule has 2 aromatic rings. The van der Waals surface area contributed by atoms with Crippen LogP contribution in [0.25, 0.3) is 0 Å². The van der Waals surface area contributed by atoms with Gasteiger partial charge in [-0.2, -0.15) is 5.10 Å². The van der Waals surface area contributed by atoms with Gasteiger partial charge in [0.15, 0.2) is 5.96 Å². The summed E-state index contributed by atoms with van der Waals surface area (Å²) in [7, 11) is 3.38. The molecule has 0 radical (unpaired) electrons. The van der Waals surface area contributed by atoms with Crippen molar-refractivity contribution in [3.05, 3.63) is 47.3 Å². The molecule has 2 N–H and O–H groups in total. The zero-order valence-corrected chi connectivity index (χ0v) is 17.0. The number of hydrogen-bond donors (Lipinski definition) is 2. The second kappa shape index (κ2) is 11.0. The Balaban J connectivity index is 0.00000312. The fourth-order valence-electron chi connectivity index (χ4n) is 2.15. The maximum Gasteiger partial charge on any atom is 0.191 e. The quantitative estimate of drug-likeness (QED) is 0.374. The van der Waals surface area contributed by atoms with E-state index in [2.05, 4.69) is 25.7 Å². The van der Waals surface area contributed by atoms with Crippen LogP contribution in [-0.2, 0) is 31.5 Å². The number of aromatic nitrogens is 3. The molecule has 0 bridgehead atoms. The van der Waals surface area contributed by atoms with Gasteiger partial charge in [-0.1, -0.05) is 6.07 Å². The van der Waals surface area contributed by atoms with Crippen LogP contribution in [0, 0.1) is 5.82 Å². The van der Waals surface area contributed by atoms with Gasteiger partial charge in [0, 0.05) is 26.3 Å².